The van der Waals surface area contributed by atoms with Gasteiger partial charge in [-0.1, -0.05) is 18.7 Å². The average molecular weight is 340 g/mol. The van der Waals surface area contributed by atoms with Gasteiger partial charge in [0.15, 0.2) is 5.60 Å². The van der Waals surface area contributed by atoms with Crippen LogP contribution in [-0.2, 0) is 11.2 Å². The van der Waals surface area contributed by atoms with Crippen LogP contribution in [0.25, 0.3) is 0 Å². The van der Waals surface area contributed by atoms with Crippen LogP contribution in [0.5, 0.6) is 5.75 Å². The van der Waals surface area contributed by atoms with E-state index >= 15 is 0 Å². The Kier molecular flexibility index (Phi) is 5.51. The van der Waals surface area contributed by atoms with E-state index in [-0.39, 0.29) is 5.91 Å². The number of benzene rings is 1. The van der Waals surface area contributed by atoms with Gasteiger partial charge >= 0.3 is 0 Å². The first-order valence-electron chi connectivity index (χ1n) is 8.63. The summed E-state index contributed by atoms with van der Waals surface area (Å²) in [4.78, 5) is 12.7. The molecule has 1 N–H and O–H groups in total. The zero-order valence-corrected chi connectivity index (χ0v) is 16.1. The monoisotopic (exact) mass is 340 g/mol. The maximum Gasteiger partial charge on any atom is 0.283 e. The first-order chi connectivity index (χ1) is 11.7. The van der Waals surface area contributed by atoms with Crippen molar-refractivity contribution in [1.82, 2.24) is 5.43 Å². The van der Waals surface area contributed by atoms with Gasteiger partial charge in [0.2, 0.25) is 0 Å². The molecule has 1 aromatic carbocycles. The highest BCUT2D eigenvalue weighted by Gasteiger charge is 2.40. The summed E-state index contributed by atoms with van der Waals surface area (Å²) in [5.41, 5.74) is 8.55. The number of carbonyl (C=O) groups excluding carboxylic acids is 1. The molecule has 4 nitrogen and oxygen atoms in total. The van der Waals surface area contributed by atoms with Gasteiger partial charge in [-0.15, -0.1) is 0 Å². The number of nitrogens with zero attached hydrogens (tertiary/aromatic N) is 1. The van der Waals surface area contributed by atoms with Crippen molar-refractivity contribution in [2.24, 2.45) is 5.10 Å². The van der Waals surface area contributed by atoms with Crippen molar-refractivity contribution in [1.29, 1.82) is 0 Å². The molecule has 1 atom stereocenters. The molecule has 0 radical (unpaired) electrons. The second-order valence-electron chi connectivity index (χ2n) is 6.93. The smallest absolute Gasteiger partial charge is 0.283 e. The number of ether oxygens (including phenoxy) is 1. The number of hydrogen-bond donors (Lipinski definition) is 1. The second-order valence-corrected chi connectivity index (χ2v) is 6.93. The molecular weight excluding hydrogens is 312 g/mol. The summed E-state index contributed by atoms with van der Waals surface area (Å²) < 4.78 is 6.23. The maximum atomic E-state index is 12.7. The van der Waals surface area contributed by atoms with Gasteiger partial charge in [-0.05, 0) is 81.9 Å². The minimum absolute atomic E-state index is 0.222. The molecule has 0 spiro atoms. The lowest BCUT2D eigenvalue weighted by Gasteiger charge is -2.36. The molecule has 1 aliphatic rings. The molecule has 0 fully saturated rings. The molecule has 0 saturated carbocycles. The van der Waals surface area contributed by atoms with Crippen molar-refractivity contribution in [3.63, 3.8) is 0 Å². The quantitative estimate of drug-likeness (QED) is 0.506. The van der Waals surface area contributed by atoms with Crippen LogP contribution in [0.4, 0.5) is 0 Å². The van der Waals surface area contributed by atoms with Crippen LogP contribution in [0, 0.1) is 27.7 Å². The highest BCUT2D eigenvalue weighted by Crippen LogP contribution is 2.40. The Labute approximate surface area is 150 Å². The van der Waals surface area contributed by atoms with E-state index in [2.05, 4.69) is 44.8 Å². The fourth-order valence-corrected chi connectivity index (χ4v) is 3.10. The molecule has 0 aliphatic carbocycles. The Morgan fingerprint density at radius 2 is 1.84 bits per heavy atom. The zero-order chi connectivity index (χ0) is 18.8. The van der Waals surface area contributed by atoms with E-state index in [1.54, 1.807) is 18.2 Å². The Morgan fingerprint density at radius 1 is 1.20 bits per heavy atom. The predicted molar refractivity (Wildman–Crippen MR) is 103 cm³/mol. The number of fused-ring (bicyclic) bond motifs is 1. The maximum absolute atomic E-state index is 12.7. The van der Waals surface area contributed by atoms with Crippen LogP contribution in [-0.4, -0.2) is 17.2 Å². The Hall–Kier alpha value is -2.36. The average Bonchev–Trinajstić information content (AvgIpc) is 2.60. The molecule has 25 heavy (non-hydrogen) atoms. The summed E-state index contributed by atoms with van der Waals surface area (Å²) in [7, 11) is 0. The molecule has 4 heteroatoms. The molecule has 1 heterocycles. The number of nitrogens with one attached hydrogen (secondary N) is 1. The minimum atomic E-state index is -0.919. The summed E-state index contributed by atoms with van der Waals surface area (Å²) in [6.45, 7) is 15.7. The van der Waals surface area contributed by atoms with E-state index in [1.807, 2.05) is 13.8 Å². The minimum Gasteiger partial charge on any atom is -0.477 e. The van der Waals surface area contributed by atoms with E-state index in [0.717, 1.165) is 17.7 Å². The van der Waals surface area contributed by atoms with Crippen molar-refractivity contribution in [2.75, 3.05) is 0 Å². The van der Waals surface area contributed by atoms with Gasteiger partial charge in [0.1, 0.15) is 5.75 Å². The van der Waals surface area contributed by atoms with Crippen LogP contribution in [0.1, 0.15) is 48.1 Å². The molecule has 1 unspecified atom stereocenters. The first kappa shape index (κ1) is 19.0. The molecule has 1 aromatic rings. The number of amides is 1. The summed E-state index contributed by atoms with van der Waals surface area (Å²) >= 11 is 0. The lowest BCUT2D eigenvalue weighted by molar-refractivity contribution is -0.136. The van der Waals surface area contributed by atoms with Crippen LogP contribution >= 0.6 is 0 Å². The number of rotatable bonds is 4. The van der Waals surface area contributed by atoms with Crippen molar-refractivity contribution in [3.05, 3.63) is 52.6 Å². The summed E-state index contributed by atoms with van der Waals surface area (Å²) in [6.07, 6.45) is 6.68. The SMILES string of the molecule is C=C/C=C/C(C)=N\NC(=O)C1(C)CCc2c(C)c(C)c(C)c(C)c2O1. The molecule has 0 saturated heterocycles. The van der Waals surface area contributed by atoms with Crippen molar-refractivity contribution in [3.8, 4) is 5.75 Å². The Balaban J connectivity index is 2.27. The highest BCUT2D eigenvalue weighted by atomic mass is 16.5. The molecule has 1 aliphatic heterocycles. The lowest BCUT2D eigenvalue weighted by Crippen LogP contribution is -2.50. The van der Waals surface area contributed by atoms with E-state index in [9.17, 15) is 4.79 Å². The largest absolute Gasteiger partial charge is 0.477 e. The Bertz CT molecular complexity index is 775. The molecule has 2 rings (SSSR count). The number of hydrazone groups is 1. The molecule has 0 aromatic heterocycles. The highest BCUT2D eigenvalue weighted by molar-refractivity contribution is 5.94. The van der Waals surface area contributed by atoms with E-state index in [4.69, 9.17) is 4.74 Å². The molecule has 134 valence electrons. The van der Waals surface area contributed by atoms with Crippen molar-refractivity contribution < 1.29 is 9.53 Å². The van der Waals surface area contributed by atoms with Gasteiger partial charge in [-0.2, -0.15) is 5.10 Å². The number of hydrogen-bond acceptors (Lipinski definition) is 3. The zero-order valence-electron chi connectivity index (χ0n) is 16.1. The summed E-state index contributed by atoms with van der Waals surface area (Å²) in [5, 5.41) is 4.11. The first-order valence-corrected chi connectivity index (χ1v) is 8.63. The summed E-state index contributed by atoms with van der Waals surface area (Å²) in [6, 6.07) is 0. The lowest BCUT2D eigenvalue weighted by atomic mass is 9.85. The van der Waals surface area contributed by atoms with Gasteiger partial charge in [0.05, 0.1) is 5.71 Å². The van der Waals surface area contributed by atoms with Crippen LogP contribution < -0.4 is 10.2 Å². The van der Waals surface area contributed by atoms with Crippen LogP contribution in [0.3, 0.4) is 0 Å². The van der Waals surface area contributed by atoms with E-state index in [1.165, 1.54) is 22.3 Å². The van der Waals surface area contributed by atoms with E-state index < -0.39 is 5.60 Å². The fourth-order valence-electron chi connectivity index (χ4n) is 3.10. The Morgan fingerprint density at radius 3 is 2.48 bits per heavy atom. The molecular formula is C21H28N2O2. The van der Waals surface area contributed by atoms with Gasteiger partial charge in [-0.25, -0.2) is 5.43 Å². The fraction of sp³-hybridized carbons (Fsp3) is 0.429. The van der Waals surface area contributed by atoms with Gasteiger partial charge in [0, 0.05) is 6.42 Å². The van der Waals surface area contributed by atoms with Gasteiger partial charge in [-0.3, -0.25) is 4.79 Å². The van der Waals surface area contributed by atoms with Crippen molar-refractivity contribution in [2.45, 2.75) is 60.0 Å². The van der Waals surface area contributed by atoms with Gasteiger partial charge < -0.3 is 4.74 Å². The normalized spacial score (nSPS) is 20.2. The third-order valence-electron chi connectivity index (χ3n) is 5.22. The third-order valence-corrected chi connectivity index (χ3v) is 5.22. The van der Waals surface area contributed by atoms with Gasteiger partial charge in [0.25, 0.3) is 5.91 Å². The van der Waals surface area contributed by atoms with Crippen LogP contribution in [0.15, 0.2) is 29.9 Å². The van der Waals surface area contributed by atoms with Crippen molar-refractivity contribution >= 4 is 11.6 Å². The van der Waals surface area contributed by atoms with E-state index in [0.29, 0.717) is 12.1 Å². The number of allylic oxidation sites excluding steroid dienone is 3. The topological polar surface area (TPSA) is 50.7 Å². The molecule has 0 bridgehead atoms. The predicted octanol–water partition coefficient (Wildman–Crippen LogP) is 4.24. The van der Waals surface area contributed by atoms with Crippen LogP contribution in [0.2, 0.25) is 0 Å². The summed E-state index contributed by atoms with van der Waals surface area (Å²) in [5.74, 6) is 0.636. The second kappa shape index (κ2) is 7.26. The third kappa shape index (κ3) is 3.68. The molecule has 1 amide bonds. The standard InChI is InChI=1S/C21H28N2O2/c1-8-9-10-13(2)22-23-20(24)21(7)12-11-18-16(5)14(3)15(4)17(6)19(18)25-21/h8-10H,1,11-12H2,2-7H3,(H,23,24)/b10-9+,22-13-. The number of carbonyl (C=O) groups is 1.